The summed E-state index contributed by atoms with van der Waals surface area (Å²) in [6.45, 7) is 0. The van der Waals surface area contributed by atoms with E-state index < -0.39 is 11.6 Å². The number of halogens is 3. The molecule has 0 radical (unpaired) electrons. The van der Waals surface area contributed by atoms with Crippen molar-refractivity contribution in [2.75, 3.05) is 0 Å². The molecule has 0 aliphatic rings. The molecule has 0 saturated heterocycles. The van der Waals surface area contributed by atoms with E-state index in [0.29, 0.717) is 11.3 Å². The fourth-order valence-corrected chi connectivity index (χ4v) is 1.37. The molecule has 0 spiro atoms. The normalized spacial score (nSPS) is 10.5. The van der Waals surface area contributed by atoms with E-state index in [0.717, 1.165) is 6.07 Å². The van der Waals surface area contributed by atoms with Gasteiger partial charge in [-0.15, -0.1) is 0 Å². The van der Waals surface area contributed by atoms with Crippen molar-refractivity contribution in [1.82, 2.24) is 4.98 Å². The highest BCUT2D eigenvalue weighted by atomic mass is 79.9. The molecule has 0 aliphatic heterocycles. The van der Waals surface area contributed by atoms with Gasteiger partial charge in [-0.3, -0.25) is 0 Å². The summed E-state index contributed by atoms with van der Waals surface area (Å²) in [6.07, 6.45) is 1.32. The van der Waals surface area contributed by atoms with E-state index in [1.54, 1.807) is 0 Å². The highest BCUT2D eigenvalue weighted by molar-refractivity contribution is 9.10. The number of rotatable bonds is 1. The maximum absolute atomic E-state index is 12.8. The van der Waals surface area contributed by atoms with E-state index in [-0.39, 0.29) is 4.80 Å². The largest absolute Gasteiger partial charge is 0.439 e. The zero-order chi connectivity index (χ0) is 10.1. The van der Waals surface area contributed by atoms with E-state index in [4.69, 9.17) is 4.42 Å². The van der Waals surface area contributed by atoms with Gasteiger partial charge < -0.3 is 4.42 Å². The summed E-state index contributed by atoms with van der Waals surface area (Å²) < 4.78 is 30.5. The lowest BCUT2D eigenvalue weighted by atomic mass is 10.1. The minimum atomic E-state index is -0.640. The molecule has 0 N–H and O–H groups in total. The smallest absolute Gasteiger partial charge is 0.264 e. The second-order valence-electron chi connectivity index (χ2n) is 2.64. The van der Waals surface area contributed by atoms with Crippen molar-refractivity contribution in [3.63, 3.8) is 0 Å². The molecule has 0 atom stereocenters. The molecule has 0 aliphatic carbocycles. The summed E-state index contributed by atoms with van der Waals surface area (Å²) in [5.41, 5.74) is 0.729. The van der Waals surface area contributed by atoms with Gasteiger partial charge in [-0.2, -0.15) is 0 Å². The zero-order valence-electron chi connectivity index (χ0n) is 6.80. The maximum Gasteiger partial charge on any atom is 0.264 e. The molecule has 72 valence electrons. The molecule has 2 rings (SSSR count). The van der Waals surface area contributed by atoms with Gasteiger partial charge in [0.15, 0.2) is 0 Å². The Labute approximate surface area is 86.7 Å². The van der Waals surface area contributed by atoms with Gasteiger partial charge in [-0.1, -0.05) is 0 Å². The van der Waals surface area contributed by atoms with Crippen molar-refractivity contribution in [1.29, 1.82) is 0 Å². The van der Waals surface area contributed by atoms with E-state index in [1.165, 1.54) is 18.4 Å². The average molecular weight is 260 g/mol. The minimum Gasteiger partial charge on any atom is -0.439 e. The van der Waals surface area contributed by atoms with Crippen LogP contribution in [0.4, 0.5) is 8.78 Å². The van der Waals surface area contributed by atoms with Crippen molar-refractivity contribution in [2.24, 2.45) is 0 Å². The topological polar surface area (TPSA) is 26.0 Å². The Bertz CT molecular complexity index is 449. The third-order valence-corrected chi connectivity index (χ3v) is 2.00. The van der Waals surface area contributed by atoms with Crippen LogP contribution in [-0.2, 0) is 0 Å². The molecule has 1 aromatic carbocycles. The fraction of sp³-hybridized carbons (Fsp3) is 0. The summed E-state index contributed by atoms with van der Waals surface area (Å²) >= 11 is 3.00. The molecule has 2 aromatic rings. The number of nitrogens with zero attached hydrogens (tertiary/aromatic N) is 1. The fourth-order valence-electron chi connectivity index (χ4n) is 1.09. The van der Waals surface area contributed by atoms with Gasteiger partial charge in [0.05, 0.1) is 0 Å². The van der Waals surface area contributed by atoms with Crippen LogP contribution in [-0.4, -0.2) is 4.98 Å². The molecule has 1 heterocycles. The molecular weight excluding hydrogens is 256 g/mol. The van der Waals surface area contributed by atoms with Crippen LogP contribution in [0.1, 0.15) is 0 Å². The Morgan fingerprint density at radius 3 is 2.29 bits per heavy atom. The molecule has 0 saturated carbocycles. The third-order valence-electron chi connectivity index (χ3n) is 1.63. The van der Waals surface area contributed by atoms with E-state index >= 15 is 0 Å². The van der Waals surface area contributed by atoms with Crippen LogP contribution in [0.2, 0.25) is 0 Å². The van der Waals surface area contributed by atoms with Crippen LogP contribution < -0.4 is 0 Å². The van der Waals surface area contributed by atoms with Crippen LogP contribution in [0.25, 0.3) is 11.3 Å². The summed E-state index contributed by atoms with van der Waals surface area (Å²) in [7, 11) is 0. The number of hydrogen-bond donors (Lipinski definition) is 0. The monoisotopic (exact) mass is 259 g/mol. The first-order chi connectivity index (χ1) is 6.65. The first-order valence-electron chi connectivity index (χ1n) is 3.72. The summed E-state index contributed by atoms with van der Waals surface area (Å²) in [5.74, 6) is -1.28. The van der Waals surface area contributed by atoms with Crippen LogP contribution >= 0.6 is 15.9 Å². The number of aromatic nitrogens is 1. The van der Waals surface area contributed by atoms with E-state index in [2.05, 4.69) is 20.9 Å². The number of oxazole rings is 1. The van der Waals surface area contributed by atoms with Crippen LogP contribution in [0.5, 0.6) is 0 Å². The first kappa shape index (κ1) is 9.33. The van der Waals surface area contributed by atoms with Gasteiger partial charge in [0.25, 0.3) is 4.80 Å². The van der Waals surface area contributed by atoms with Gasteiger partial charge in [0, 0.05) is 27.6 Å². The summed E-state index contributed by atoms with van der Waals surface area (Å²) in [6, 6.07) is 3.18. The Morgan fingerprint density at radius 1 is 1.14 bits per heavy atom. The van der Waals surface area contributed by atoms with Gasteiger partial charge in [-0.05, 0) is 12.1 Å². The molecule has 0 amide bonds. The second-order valence-corrected chi connectivity index (χ2v) is 3.32. The summed E-state index contributed by atoms with van der Waals surface area (Å²) in [5, 5.41) is 0. The standard InChI is InChI=1S/C9H4BrF2NO/c10-9-13-8(4-14-9)5-1-6(11)3-7(12)2-5/h1-4H. The lowest BCUT2D eigenvalue weighted by Gasteiger charge is -1.96. The zero-order valence-corrected chi connectivity index (χ0v) is 8.38. The average Bonchev–Trinajstić information content (AvgIpc) is 2.50. The van der Waals surface area contributed by atoms with Crippen molar-refractivity contribution in [3.8, 4) is 11.3 Å². The summed E-state index contributed by atoms with van der Waals surface area (Å²) in [4.78, 5) is 4.15. The van der Waals surface area contributed by atoms with Gasteiger partial charge >= 0.3 is 0 Å². The maximum atomic E-state index is 12.8. The molecule has 0 bridgehead atoms. The highest BCUT2D eigenvalue weighted by Crippen LogP contribution is 2.22. The minimum absolute atomic E-state index is 0.275. The number of hydrogen-bond acceptors (Lipinski definition) is 2. The predicted molar refractivity (Wildman–Crippen MR) is 49.6 cm³/mol. The molecule has 2 nitrogen and oxygen atoms in total. The Hall–Kier alpha value is -1.23. The van der Waals surface area contributed by atoms with Crippen molar-refractivity contribution < 1.29 is 13.2 Å². The van der Waals surface area contributed by atoms with Crippen LogP contribution in [0, 0.1) is 11.6 Å². The Morgan fingerprint density at radius 2 is 1.79 bits per heavy atom. The van der Waals surface area contributed by atoms with Gasteiger partial charge in [-0.25, -0.2) is 13.8 Å². The third kappa shape index (κ3) is 1.82. The van der Waals surface area contributed by atoms with E-state index in [1.807, 2.05) is 0 Å². The lowest BCUT2D eigenvalue weighted by molar-refractivity contribution is 0.529. The van der Waals surface area contributed by atoms with Gasteiger partial charge in [0.2, 0.25) is 0 Å². The molecule has 5 heteroatoms. The molecule has 0 unspecified atom stereocenters. The SMILES string of the molecule is Fc1cc(F)cc(-c2coc(Br)n2)c1. The Kier molecular flexibility index (Phi) is 2.33. The van der Waals surface area contributed by atoms with E-state index in [9.17, 15) is 8.78 Å². The molecular formula is C9H4BrF2NO. The van der Waals surface area contributed by atoms with Crippen LogP contribution in [0.3, 0.4) is 0 Å². The van der Waals surface area contributed by atoms with Gasteiger partial charge in [0.1, 0.15) is 23.6 Å². The molecule has 1 aromatic heterocycles. The first-order valence-corrected chi connectivity index (χ1v) is 4.52. The lowest BCUT2D eigenvalue weighted by Crippen LogP contribution is -1.83. The van der Waals surface area contributed by atoms with Crippen molar-refractivity contribution in [3.05, 3.63) is 40.9 Å². The second kappa shape index (κ2) is 3.49. The van der Waals surface area contributed by atoms with Crippen LogP contribution in [0.15, 0.2) is 33.7 Å². The predicted octanol–water partition coefficient (Wildman–Crippen LogP) is 3.38. The molecule has 14 heavy (non-hydrogen) atoms. The number of benzene rings is 1. The van der Waals surface area contributed by atoms with Crippen molar-refractivity contribution in [2.45, 2.75) is 0 Å². The highest BCUT2D eigenvalue weighted by Gasteiger charge is 2.07. The van der Waals surface area contributed by atoms with Crippen molar-refractivity contribution >= 4 is 15.9 Å². The quantitative estimate of drug-likeness (QED) is 0.785. The molecule has 0 fully saturated rings. The Balaban J connectivity index is 2.51.